The average Bonchev–Trinajstić information content (AvgIpc) is 2.98. The summed E-state index contributed by atoms with van der Waals surface area (Å²) in [6.07, 6.45) is 4.56. The molecule has 0 radical (unpaired) electrons. The number of nitrogens with zero attached hydrogens (tertiary/aromatic N) is 2. The van der Waals surface area contributed by atoms with Crippen molar-refractivity contribution in [2.24, 2.45) is 22.5 Å². The second-order valence-electron chi connectivity index (χ2n) is 9.02. The third kappa shape index (κ3) is 2.60. The fraction of sp³-hybridized carbons (Fsp3) is 0.619. The number of anilines is 1. The topological polar surface area (TPSA) is 66.6 Å². The molecular weight excluding hydrogens is 326 g/mol. The average molecular weight is 355 g/mol. The normalized spacial score (nSPS) is 29.8. The minimum Gasteiger partial charge on any atom is -0.372 e. The van der Waals surface area contributed by atoms with Crippen LogP contribution in [0.2, 0.25) is 0 Å². The lowest BCUT2D eigenvalue weighted by Crippen LogP contribution is -2.59. The first-order valence-corrected chi connectivity index (χ1v) is 9.78. The first-order valence-electron chi connectivity index (χ1n) is 9.78. The molecule has 0 aromatic heterocycles. The van der Waals surface area contributed by atoms with Gasteiger partial charge in [-0.2, -0.15) is 0 Å². The van der Waals surface area contributed by atoms with Crippen molar-refractivity contribution in [2.75, 3.05) is 31.1 Å². The molecule has 2 amide bonds. The highest BCUT2D eigenvalue weighted by molar-refractivity contribution is 5.96. The van der Waals surface area contributed by atoms with E-state index in [2.05, 4.69) is 30.9 Å². The number of carbonyl (C=O) groups is 2. The van der Waals surface area contributed by atoms with Crippen LogP contribution in [0.4, 0.5) is 5.69 Å². The fourth-order valence-corrected chi connectivity index (χ4v) is 5.53. The van der Waals surface area contributed by atoms with E-state index in [1.807, 2.05) is 17.0 Å². The Morgan fingerprint density at radius 1 is 1.08 bits per heavy atom. The number of benzene rings is 1. The second kappa shape index (κ2) is 6.00. The summed E-state index contributed by atoms with van der Waals surface area (Å²) in [4.78, 5) is 29.3. The van der Waals surface area contributed by atoms with Gasteiger partial charge in [-0.05, 0) is 61.3 Å². The van der Waals surface area contributed by atoms with Gasteiger partial charge in [0, 0.05) is 37.4 Å². The van der Waals surface area contributed by atoms with Gasteiger partial charge in [-0.1, -0.05) is 13.8 Å². The summed E-state index contributed by atoms with van der Waals surface area (Å²) in [6, 6.07) is 7.96. The van der Waals surface area contributed by atoms with Crippen LogP contribution in [-0.4, -0.2) is 42.9 Å². The number of hydrogen-bond acceptors (Lipinski definition) is 3. The SMILES string of the molecule is CC1(C)C[C@]2(C(N)=O)CN(C(=O)c3ccc(N4CCCCC4)cc3)C[C@H]12. The molecule has 2 N–H and O–H groups in total. The standard InChI is InChI=1S/C21H29N3O2/c1-20(2)13-21(19(22)26)14-24(12-17(20)21)18(25)15-6-8-16(9-7-15)23-10-4-3-5-11-23/h6-9,17H,3-5,10-14H2,1-2H3,(H2,22,26)/t17-,21+/m1/s1. The van der Waals surface area contributed by atoms with Crippen molar-refractivity contribution in [3.63, 3.8) is 0 Å². The third-order valence-corrected chi connectivity index (χ3v) is 6.87. The smallest absolute Gasteiger partial charge is 0.253 e. The number of amides is 2. The molecule has 0 spiro atoms. The first kappa shape index (κ1) is 17.4. The molecule has 1 aromatic carbocycles. The molecule has 5 nitrogen and oxygen atoms in total. The number of rotatable bonds is 3. The Morgan fingerprint density at radius 3 is 2.27 bits per heavy atom. The summed E-state index contributed by atoms with van der Waals surface area (Å²) in [6.45, 7) is 7.61. The Kier molecular flexibility index (Phi) is 4.01. The zero-order chi connectivity index (χ0) is 18.5. The zero-order valence-corrected chi connectivity index (χ0v) is 15.8. The van der Waals surface area contributed by atoms with E-state index in [1.54, 1.807) is 0 Å². The highest BCUT2D eigenvalue weighted by Gasteiger charge is 2.66. The van der Waals surface area contributed by atoms with Crippen LogP contribution in [0.5, 0.6) is 0 Å². The van der Waals surface area contributed by atoms with Crippen molar-refractivity contribution in [3.05, 3.63) is 29.8 Å². The first-order chi connectivity index (χ1) is 12.3. The van der Waals surface area contributed by atoms with Crippen molar-refractivity contribution < 1.29 is 9.59 Å². The van der Waals surface area contributed by atoms with Gasteiger partial charge in [0.25, 0.3) is 5.91 Å². The van der Waals surface area contributed by atoms with E-state index in [0.29, 0.717) is 18.7 Å². The summed E-state index contributed by atoms with van der Waals surface area (Å²) in [5.41, 5.74) is 7.16. The molecule has 140 valence electrons. The number of likely N-dealkylation sites (tertiary alicyclic amines) is 1. The van der Waals surface area contributed by atoms with E-state index in [-0.39, 0.29) is 23.1 Å². The van der Waals surface area contributed by atoms with Gasteiger partial charge in [-0.15, -0.1) is 0 Å². The molecule has 3 fully saturated rings. The molecule has 2 atom stereocenters. The monoisotopic (exact) mass is 355 g/mol. The predicted octanol–water partition coefficient (Wildman–Crippen LogP) is 2.65. The Morgan fingerprint density at radius 2 is 1.73 bits per heavy atom. The quantitative estimate of drug-likeness (QED) is 0.906. The molecule has 0 bridgehead atoms. The van der Waals surface area contributed by atoms with Crippen molar-refractivity contribution >= 4 is 17.5 Å². The number of primary amides is 1. The Labute approximate surface area is 155 Å². The molecule has 2 saturated heterocycles. The minimum absolute atomic E-state index is 0.0148. The Hall–Kier alpha value is -2.04. The summed E-state index contributed by atoms with van der Waals surface area (Å²) in [5, 5.41) is 0. The molecule has 2 aliphatic heterocycles. The number of piperidine rings is 1. The van der Waals surface area contributed by atoms with E-state index >= 15 is 0 Å². The van der Waals surface area contributed by atoms with Crippen LogP contribution in [-0.2, 0) is 4.79 Å². The zero-order valence-electron chi connectivity index (χ0n) is 15.8. The van der Waals surface area contributed by atoms with Crippen LogP contribution in [0, 0.1) is 16.7 Å². The van der Waals surface area contributed by atoms with Crippen LogP contribution in [0.3, 0.4) is 0 Å². The highest BCUT2D eigenvalue weighted by atomic mass is 16.2. The lowest BCUT2D eigenvalue weighted by atomic mass is 9.48. The Bertz CT molecular complexity index is 721. The lowest BCUT2D eigenvalue weighted by Gasteiger charge is -2.54. The highest BCUT2D eigenvalue weighted by Crippen LogP contribution is 2.62. The summed E-state index contributed by atoms with van der Waals surface area (Å²) >= 11 is 0. The lowest BCUT2D eigenvalue weighted by molar-refractivity contribution is -0.148. The molecule has 0 unspecified atom stereocenters. The van der Waals surface area contributed by atoms with Gasteiger partial charge in [0.2, 0.25) is 5.91 Å². The van der Waals surface area contributed by atoms with Gasteiger partial charge in [0.15, 0.2) is 0 Å². The summed E-state index contributed by atoms with van der Waals surface area (Å²) in [5.74, 6) is -0.0670. The van der Waals surface area contributed by atoms with Crippen LogP contribution >= 0.6 is 0 Å². The van der Waals surface area contributed by atoms with Gasteiger partial charge >= 0.3 is 0 Å². The van der Waals surface area contributed by atoms with E-state index in [9.17, 15) is 9.59 Å². The van der Waals surface area contributed by atoms with Crippen LogP contribution in [0.25, 0.3) is 0 Å². The maximum atomic E-state index is 13.0. The van der Waals surface area contributed by atoms with Crippen molar-refractivity contribution in [1.29, 1.82) is 0 Å². The second-order valence-corrected chi connectivity index (χ2v) is 9.02. The van der Waals surface area contributed by atoms with Crippen molar-refractivity contribution in [1.82, 2.24) is 4.90 Å². The molecule has 4 rings (SSSR count). The van der Waals surface area contributed by atoms with E-state index in [1.165, 1.54) is 24.9 Å². The number of fused-ring (bicyclic) bond motifs is 1. The third-order valence-electron chi connectivity index (χ3n) is 6.87. The number of carbonyl (C=O) groups excluding carboxylic acids is 2. The van der Waals surface area contributed by atoms with Crippen LogP contribution in [0.15, 0.2) is 24.3 Å². The van der Waals surface area contributed by atoms with E-state index in [4.69, 9.17) is 5.73 Å². The minimum atomic E-state index is -0.521. The maximum Gasteiger partial charge on any atom is 0.253 e. The molecule has 26 heavy (non-hydrogen) atoms. The van der Waals surface area contributed by atoms with Crippen LogP contribution in [0.1, 0.15) is 49.9 Å². The van der Waals surface area contributed by atoms with Crippen molar-refractivity contribution in [2.45, 2.75) is 39.5 Å². The molecule has 5 heteroatoms. The molecule has 1 aromatic rings. The molecule has 1 saturated carbocycles. The molecule has 2 heterocycles. The number of nitrogens with two attached hydrogens (primary N) is 1. The van der Waals surface area contributed by atoms with E-state index in [0.717, 1.165) is 19.5 Å². The molecule has 3 aliphatic rings. The molecule has 1 aliphatic carbocycles. The van der Waals surface area contributed by atoms with Gasteiger partial charge < -0.3 is 15.5 Å². The van der Waals surface area contributed by atoms with Gasteiger partial charge in [0.1, 0.15) is 0 Å². The predicted molar refractivity (Wildman–Crippen MR) is 102 cm³/mol. The summed E-state index contributed by atoms with van der Waals surface area (Å²) < 4.78 is 0. The van der Waals surface area contributed by atoms with Crippen LogP contribution < -0.4 is 10.6 Å². The van der Waals surface area contributed by atoms with Crippen molar-refractivity contribution in [3.8, 4) is 0 Å². The van der Waals surface area contributed by atoms with Gasteiger partial charge in [-0.25, -0.2) is 0 Å². The van der Waals surface area contributed by atoms with Gasteiger partial charge in [0.05, 0.1) is 5.41 Å². The largest absolute Gasteiger partial charge is 0.372 e. The maximum absolute atomic E-state index is 13.0. The summed E-state index contributed by atoms with van der Waals surface area (Å²) in [7, 11) is 0. The van der Waals surface area contributed by atoms with E-state index < -0.39 is 5.41 Å². The molecular formula is C21H29N3O2. The fourth-order valence-electron chi connectivity index (χ4n) is 5.53. The van der Waals surface area contributed by atoms with Gasteiger partial charge in [-0.3, -0.25) is 9.59 Å². The number of hydrogen-bond donors (Lipinski definition) is 1. The Balaban J connectivity index is 1.49.